The fourth-order valence-corrected chi connectivity index (χ4v) is 4.81. The number of rotatable bonds is 11. The minimum Gasteiger partial charge on any atom is -0.322 e. The van der Waals surface area contributed by atoms with E-state index in [1.807, 2.05) is 84.9 Å². The van der Waals surface area contributed by atoms with E-state index in [9.17, 15) is 9.59 Å². The Labute approximate surface area is 236 Å². The van der Waals surface area contributed by atoms with Gasteiger partial charge in [-0.05, 0) is 70.5 Å². The summed E-state index contributed by atoms with van der Waals surface area (Å²) in [4.78, 5) is 25.1. The first-order valence-electron chi connectivity index (χ1n) is 13.0. The van der Waals surface area contributed by atoms with Crippen LogP contribution in [-0.4, -0.2) is 11.8 Å². The lowest BCUT2D eigenvalue weighted by Gasteiger charge is -2.21. The smallest absolute Gasteiger partial charge is 0.247 e. The molecule has 198 valence electrons. The van der Waals surface area contributed by atoms with Crippen molar-refractivity contribution in [2.45, 2.75) is 12.8 Å². The molecule has 4 rings (SSSR count). The van der Waals surface area contributed by atoms with Gasteiger partial charge in [-0.25, -0.2) is 0 Å². The van der Waals surface area contributed by atoms with Crippen LogP contribution in [0.15, 0.2) is 136 Å². The van der Waals surface area contributed by atoms with E-state index in [-0.39, 0.29) is 11.8 Å². The van der Waals surface area contributed by atoms with Crippen LogP contribution >= 0.6 is 0 Å². The quantitative estimate of drug-likeness (QED) is 0.153. The first-order valence-corrected chi connectivity index (χ1v) is 13.0. The van der Waals surface area contributed by atoms with Gasteiger partial charge in [-0.1, -0.05) is 98.1 Å². The van der Waals surface area contributed by atoms with Gasteiger partial charge in [-0.15, -0.1) is 13.2 Å². The molecule has 0 atom stereocenters. The molecule has 0 bridgehead atoms. The van der Waals surface area contributed by atoms with Crippen molar-refractivity contribution >= 4 is 23.2 Å². The lowest BCUT2D eigenvalue weighted by Crippen LogP contribution is -2.11. The van der Waals surface area contributed by atoms with Gasteiger partial charge in [0.15, 0.2) is 0 Å². The normalized spacial score (nSPS) is 10.3. The predicted molar refractivity (Wildman–Crippen MR) is 168 cm³/mol. The van der Waals surface area contributed by atoms with Gasteiger partial charge in [0.2, 0.25) is 11.8 Å². The molecule has 4 aromatic carbocycles. The maximum Gasteiger partial charge on any atom is 0.247 e. The number of anilines is 2. The molecule has 40 heavy (non-hydrogen) atoms. The summed E-state index contributed by atoms with van der Waals surface area (Å²) in [6.45, 7) is 15.2. The summed E-state index contributed by atoms with van der Waals surface area (Å²) in [6.07, 6.45) is 7.40. The van der Waals surface area contributed by atoms with Gasteiger partial charge in [-0.3, -0.25) is 9.59 Å². The van der Waals surface area contributed by atoms with E-state index in [1.165, 1.54) is 12.2 Å². The van der Waals surface area contributed by atoms with Gasteiger partial charge in [0.05, 0.1) is 0 Å². The van der Waals surface area contributed by atoms with E-state index in [1.54, 1.807) is 0 Å². The average Bonchev–Trinajstić information content (AvgIpc) is 2.98. The molecule has 0 aromatic heterocycles. The molecule has 0 unspecified atom stereocenters. The number of amides is 2. The number of carbonyl (C=O) groups is 2. The number of benzene rings is 4. The monoisotopic (exact) mass is 524 g/mol. The van der Waals surface area contributed by atoms with Gasteiger partial charge in [0.25, 0.3) is 0 Å². The van der Waals surface area contributed by atoms with E-state index in [0.29, 0.717) is 24.2 Å². The van der Waals surface area contributed by atoms with Crippen LogP contribution in [0.3, 0.4) is 0 Å². The van der Waals surface area contributed by atoms with Crippen molar-refractivity contribution in [1.29, 1.82) is 0 Å². The standard InChI is InChI=1S/C36H32N2O2/c1-5-15-25-21-30(36(27-19-13-10-14-20-27)31(22-25)37-33(39)7-3)29-23-28(16-6-2)35(26-17-11-9-12-18-26)32(24-29)38-34(40)8-4/h5-14,17-24H,1-4,15-16H2,(H,37,39)(H,38,40). The van der Waals surface area contributed by atoms with Gasteiger partial charge in [0.1, 0.15) is 0 Å². The second-order valence-electron chi connectivity index (χ2n) is 9.23. The number of hydrogen-bond donors (Lipinski definition) is 2. The molecule has 0 heterocycles. The fourth-order valence-electron chi connectivity index (χ4n) is 4.81. The molecular weight excluding hydrogens is 492 g/mol. The largest absolute Gasteiger partial charge is 0.322 e. The van der Waals surface area contributed by atoms with E-state index < -0.39 is 0 Å². The van der Waals surface area contributed by atoms with Crippen LogP contribution in [0.1, 0.15) is 11.1 Å². The average molecular weight is 525 g/mol. The van der Waals surface area contributed by atoms with Crippen molar-refractivity contribution in [3.05, 3.63) is 147 Å². The summed E-state index contributed by atoms with van der Waals surface area (Å²) in [7, 11) is 0. The molecule has 0 aliphatic carbocycles. The molecule has 0 aliphatic rings. The zero-order valence-corrected chi connectivity index (χ0v) is 22.5. The summed E-state index contributed by atoms with van der Waals surface area (Å²) in [5.74, 6) is -0.605. The van der Waals surface area contributed by atoms with Crippen LogP contribution in [0, 0.1) is 0 Å². The van der Waals surface area contributed by atoms with Crippen molar-refractivity contribution in [1.82, 2.24) is 0 Å². The van der Waals surface area contributed by atoms with E-state index >= 15 is 0 Å². The first kappa shape index (κ1) is 27.8. The van der Waals surface area contributed by atoms with E-state index in [0.717, 1.165) is 44.5 Å². The number of nitrogens with one attached hydrogen (secondary N) is 2. The zero-order valence-electron chi connectivity index (χ0n) is 22.5. The topological polar surface area (TPSA) is 58.2 Å². The second kappa shape index (κ2) is 13.0. The number of carbonyl (C=O) groups excluding carboxylic acids is 2. The van der Waals surface area contributed by atoms with Crippen molar-refractivity contribution in [3.63, 3.8) is 0 Å². The van der Waals surface area contributed by atoms with Crippen molar-refractivity contribution in [2.24, 2.45) is 0 Å². The summed E-state index contributed by atoms with van der Waals surface area (Å²) < 4.78 is 0. The van der Waals surface area contributed by atoms with Crippen molar-refractivity contribution in [2.75, 3.05) is 10.6 Å². The van der Waals surface area contributed by atoms with Crippen LogP contribution in [0.4, 0.5) is 11.4 Å². The Morgan fingerprint density at radius 1 is 0.600 bits per heavy atom. The molecule has 4 heteroatoms. The molecule has 0 fully saturated rings. The number of allylic oxidation sites excluding steroid dienone is 2. The van der Waals surface area contributed by atoms with E-state index in [2.05, 4.69) is 49.1 Å². The first-order chi connectivity index (χ1) is 19.5. The zero-order chi connectivity index (χ0) is 28.5. The lowest BCUT2D eigenvalue weighted by molar-refractivity contribution is -0.112. The highest BCUT2D eigenvalue weighted by Gasteiger charge is 2.20. The second-order valence-corrected chi connectivity index (χ2v) is 9.23. The van der Waals surface area contributed by atoms with Crippen LogP contribution in [-0.2, 0) is 22.4 Å². The Hall–Kier alpha value is -5.22. The molecule has 0 saturated carbocycles. The number of hydrogen-bond acceptors (Lipinski definition) is 2. The highest BCUT2D eigenvalue weighted by molar-refractivity contribution is 6.06. The molecule has 4 aromatic rings. The van der Waals surface area contributed by atoms with Crippen molar-refractivity contribution < 1.29 is 9.59 Å². The third-order valence-corrected chi connectivity index (χ3v) is 6.48. The molecular formula is C36H32N2O2. The van der Waals surface area contributed by atoms with Gasteiger partial charge >= 0.3 is 0 Å². The Morgan fingerprint density at radius 2 is 1.12 bits per heavy atom. The lowest BCUT2D eigenvalue weighted by atomic mass is 9.86. The van der Waals surface area contributed by atoms with Crippen LogP contribution in [0.25, 0.3) is 33.4 Å². The third-order valence-electron chi connectivity index (χ3n) is 6.48. The minimum absolute atomic E-state index is 0.301. The summed E-state index contributed by atoms with van der Waals surface area (Å²) in [5.41, 5.74) is 8.81. The Kier molecular flexibility index (Phi) is 9.06. The molecule has 0 saturated heterocycles. The van der Waals surface area contributed by atoms with Gasteiger partial charge in [0, 0.05) is 22.5 Å². The summed E-state index contributed by atoms with van der Waals surface area (Å²) in [6, 6.07) is 28.1. The molecule has 0 spiro atoms. The molecule has 2 amide bonds. The van der Waals surface area contributed by atoms with Gasteiger partial charge < -0.3 is 10.6 Å². The highest BCUT2D eigenvalue weighted by Crippen LogP contribution is 2.43. The Morgan fingerprint density at radius 3 is 1.65 bits per heavy atom. The summed E-state index contributed by atoms with van der Waals surface area (Å²) in [5, 5.41) is 6.04. The third kappa shape index (κ3) is 6.25. The highest BCUT2D eigenvalue weighted by atomic mass is 16.2. The molecule has 2 N–H and O–H groups in total. The predicted octanol–water partition coefficient (Wildman–Crippen LogP) is 8.39. The molecule has 0 radical (unpaired) electrons. The van der Waals surface area contributed by atoms with Crippen molar-refractivity contribution in [3.8, 4) is 33.4 Å². The van der Waals surface area contributed by atoms with E-state index in [4.69, 9.17) is 0 Å². The van der Waals surface area contributed by atoms with Crippen LogP contribution in [0.5, 0.6) is 0 Å². The van der Waals surface area contributed by atoms with Crippen LogP contribution < -0.4 is 10.6 Å². The maximum absolute atomic E-state index is 12.6. The summed E-state index contributed by atoms with van der Waals surface area (Å²) >= 11 is 0. The SMILES string of the molecule is C=CCc1cc(NC(=O)C=C)c(-c2ccccc2)c(-c2cc(CC=C)c(-c3ccccc3)c(NC(=O)C=C)c2)c1. The molecule has 0 aliphatic heterocycles. The molecule has 4 nitrogen and oxygen atoms in total. The minimum atomic E-state index is -0.304. The van der Waals surface area contributed by atoms with Crippen LogP contribution in [0.2, 0.25) is 0 Å². The Bertz CT molecular complexity index is 1580. The Balaban J connectivity index is 2.09. The maximum atomic E-state index is 12.6. The van der Waals surface area contributed by atoms with Gasteiger partial charge in [-0.2, -0.15) is 0 Å². The fraction of sp³-hybridized carbons (Fsp3) is 0.0556.